The van der Waals surface area contributed by atoms with Crippen LogP contribution in [0.2, 0.25) is 0 Å². The highest BCUT2D eigenvalue weighted by atomic mass is 35.5. The molecule has 0 atom stereocenters. The molecule has 3 nitrogen and oxygen atoms in total. The van der Waals surface area contributed by atoms with Crippen LogP contribution in [0.5, 0.6) is 0 Å². The first-order valence-corrected chi connectivity index (χ1v) is 7.37. The molecule has 0 spiro atoms. The lowest BCUT2D eigenvalue weighted by Crippen LogP contribution is -2.15. The Morgan fingerprint density at radius 3 is 2.14 bits per heavy atom. The van der Waals surface area contributed by atoms with Gasteiger partial charge in [-0.2, -0.15) is 0 Å². The molecule has 0 aliphatic heterocycles. The molecule has 4 heteroatoms. The summed E-state index contributed by atoms with van der Waals surface area (Å²) in [6.07, 6.45) is 0. The summed E-state index contributed by atoms with van der Waals surface area (Å²) in [5.74, 6) is -0.230. The molecule has 0 aliphatic carbocycles. The summed E-state index contributed by atoms with van der Waals surface area (Å²) in [4.78, 5) is 23.1. The van der Waals surface area contributed by atoms with Crippen molar-refractivity contribution in [3.63, 3.8) is 0 Å². The van der Waals surface area contributed by atoms with E-state index in [-0.39, 0.29) is 11.7 Å². The van der Waals surface area contributed by atoms with Gasteiger partial charge in [-0.25, -0.2) is 0 Å². The molecule has 0 saturated heterocycles. The van der Waals surface area contributed by atoms with Gasteiger partial charge in [0.05, 0.1) is 4.87 Å². The summed E-state index contributed by atoms with van der Waals surface area (Å²) in [6.45, 7) is 5.17. The molecule has 0 heterocycles. The van der Waals surface area contributed by atoms with Crippen LogP contribution in [0.3, 0.4) is 0 Å². The van der Waals surface area contributed by atoms with Crippen LogP contribution in [-0.2, 0) is 9.67 Å². The topological polar surface area (TPSA) is 46.2 Å². The Kier molecular flexibility index (Phi) is 4.67. The maximum absolute atomic E-state index is 12.7. The molecular formula is C18H18ClNO2. The quantitative estimate of drug-likeness (QED) is 0.673. The Balaban J connectivity index is 2.35. The lowest BCUT2D eigenvalue weighted by molar-refractivity contribution is -0.114. The van der Waals surface area contributed by atoms with E-state index in [9.17, 15) is 9.59 Å². The number of benzene rings is 2. The highest BCUT2D eigenvalue weighted by Gasteiger charge is 2.23. The van der Waals surface area contributed by atoms with Crippen LogP contribution in [0.1, 0.15) is 42.3 Å². The predicted octanol–water partition coefficient (Wildman–Crippen LogP) is 4.35. The normalized spacial score (nSPS) is 11.1. The number of rotatable bonds is 4. The molecule has 0 aliphatic rings. The van der Waals surface area contributed by atoms with Gasteiger partial charge in [0.25, 0.3) is 0 Å². The number of alkyl halides is 1. The van der Waals surface area contributed by atoms with Gasteiger partial charge >= 0.3 is 0 Å². The number of carbonyl (C=O) groups is 2. The highest BCUT2D eigenvalue weighted by Crippen LogP contribution is 2.31. The minimum absolute atomic E-state index is 0.0845. The average molecular weight is 316 g/mol. The number of ketones is 1. The Labute approximate surface area is 135 Å². The summed E-state index contributed by atoms with van der Waals surface area (Å²) >= 11 is 6.38. The summed E-state index contributed by atoms with van der Waals surface area (Å²) < 4.78 is 0. The van der Waals surface area contributed by atoms with Crippen molar-refractivity contribution >= 4 is 29.0 Å². The first-order chi connectivity index (χ1) is 10.3. The van der Waals surface area contributed by atoms with Crippen LogP contribution in [-0.4, -0.2) is 11.7 Å². The minimum atomic E-state index is -0.623. The van der Waals surface area contributed by atoms with Crippen molar-refractivity contribution in [2.75, 3.05) is 5.32 Å². The summed E-state index contributed by atoms with van der Waals surface area (Å²) in [7, 11) is 0. The van der Waals surface area contributed by atoms with Crippen molar-refractivity contribution in [2.45, 2.75) is 25.6 Å². The monoisotopic (exact) mass is 315 g/mol. The second kappa shape index (κ2) is 6.32. The molecule has 1 N–H and O–H groups in total. The van der Waals surface area contributed by atoms with Gasteiger partial charge in [0.15, 0.2) is 5.78 Å². The third kappa shape index (κ3) is 3.74. The van der Waals surface area contributed by atoms with Crippen molar-refractivity contribution < 1.29 is 9.59 Å². The van der Waals surface area contributed by atoms with Crippen molar-refractivity contribution in [3.05, 3.63) is 65.2 Å². The van der Waals surface area contributed by atoms with Gasteiger partial charge in [-0.15, -0.1) is 11.6 Å². The number of hydrogen-bond donors (Lipinski definition) is 1. The fourth-order valence-corrected chi connectivity index (χ4v) is 2.43. The van der Waals surface area contributed by atoms with E-state index in [1.54, 1.807) is 30.3 Å². The first kappa shape index (κ1) is 16.2. The maximum Gasteiger partial charge on any atom is 0.221 e. The third-order valence-electron chi connectivity index (χ3n) is 3.28. The summed E-state index contributed by atoms with van der Waals surface area (Å²) in [6, 6.07) is 14.2. The van der Waals surface area contributed by atoms with E-state index < -0.39 is 4.87 Å². The van der Waals surface area contributed by atoms with Gasteiger partial charge in [0.1, 0.15) is 0 Å². The molecule has 0 saturated carbocycles. The van der Waals surface area contributed by atoms with E-state index >= 15 is 0 Å². The number of halogens is 1. The number of anilines is 1. The molecule has 114 valence electrons. The fourth-order valence-electron chi connectivity index (χ4n) is 2.26. The summed E-state index contributed by atoms with van der Waals surface area (Å²) in [5.41, 5.74) is 2.61. The molecule has 0 unspecified atom stereocenters. The van der Waals surface area contributed by atoms with Gasteiger partial charge in [0.2, 0.25) is 5.91 Å². The van der Waals surface area contributed by atoms with Crippen LogP contribution < -0.4 is 5.32 Å². The smallest absolute Gasteiger partial charge is 0.221 e. The largest absolute Gasteiger partial charge is 0.326 e. The third-order valence-corrected chi connectivity index (χ3v) is 3.48. The second-order valence-electron chi connectivity index (χ2n) is 5.61. The van der Waals surface area contributed by atoms with E-state index in [1.807, 2.05) is 32.0 Å². The number of hydrogen-bond acceptors (Lipinski definition) is 2. The molecule has 0 fully saturated rings. The number of nitrogens with one attached hydrogen (secondary N) is 1. The average Bonchev–Trinajstić information content (AvgIpc) is 2.46. The zero-order valence-electron chi connectivity index (χ0n) is 12.8. The summed E-state index contributed by atoms with van der Waals surface area (Å²) in [5, 5.41) is 2.67. The van der Waals surface area contributed by atoms with Crippen molar-refractivity contribution in [1.29, 1.82) is 0 Å². The first-order valence-electron chi connectivity index (χ1n) is 7.00. The Bertz CT molecular complexity index is 700. The van der Waals surface area contributed by atoms with Crippen molar-refractivity contribution in [2.24, 2.45) is 0 Å². The number of carbonyl (C=O) groups excluding carboxylic acids is 2. The maximum atomic E-state index is 12.7. The Morgan fingerprint density at radius 2 is 1.59 bits per heavy atom. The van der Waals surface area contributed by atoms with E-state index in [1.165, 1.54) is 6.92 Å². The molecule has 22 heavy (non-hydrogen) atoms. The molecular weight excluding hydrogens is 298 g/mol. The standard InChI is InChI=1S/C18H18ClNO2/c1-12(21)20-14-10-8-13(9-11-14)17(22)15-6-4-5-7-16(15)18(2,3)19/h4-11H,1-3H3,(H,20,21). The second-order valence-corrected chi connectivity index (χ2v) is 6.55. The zero-order valence-corrected chi connectivity index (χ0v) is 13.6. The molecule has 2 rings (SSSR count). The molecule has 0 bridgehead atoms. The van der Waals surface area contributed by atoms with Gasteiger partial charge in [0, 0.05) is 23.7 Å². The SMILES string of the molecule is CC(=O)Nc1ccc(C(=O)c2ccccc2C(C)(C)Cl)cc1. The van der Waals surface area contributed by atoms with E-state index in [0.717, 1.165) is 5.56 Å². The lowest BCUT2D eigenvalue weighted by Gasteiger charge is -2.20. The van der Waals surface area contributed by atoms with Crippen LogP contribution in [0.4, 0.5) is 5.69 Å². The number of amides is 1. The van der Waals surface area contributed by atoms with Gasteiger partial charge in [-0.1, -0.05) is 24.3 Å². The van der Waals surface area contributed by atoms with E-state index in [4.69, 9.17) is 11.6 Å². The van der Waals surface area contributed by atoms with Crippen molar-refractivity contribution in [3.8, 4) is 0 Å². The van der Waals surface area contributed by atoms with E-state index in [0.29, 0.717) is 16.8 Å². The van der Waals surface area contributed by atoms with Crippen molar-refractivity contribution in [1.82, 2.24) is 0 Å². The van der Waals surface area contributed by atoms with Crippen LogP contribution in [0.15, 0.2) is 48.5 Å². The minimum Gasteiger partial charge on any atom is -0.326 e. The van der Waals surface area contributed by atoms with Gasteiger partial charge in [-0.3, -0.25) is 9.59 Å². The van der Waals surface area contributed by atoms with Crippen LogP contribution in [0, 0.1) is 0 Å². The predicted molar refractivity (Wildman–Crippen MR) is 89.5 cm³/mol. The Morgan fingerprint density at radius 1 is 1.00 bits per heavy atom. The lowest BCUT2D eigenvalue weighted by atomic mass is 9.91. The molecule has 2 aromatic rings. The van der Waals surface area contributed by atoms with Crippen LogP contribution in [0.25, 0.3) is 0 Å². The molecule has 0 radical (unpaired) electrons. The Hall–Kier alpha value is -2.13. The van der Waals surface area contributed by atoms with E-state index in [2.05, 4.69) is 5.32 Å². The van der Waals surface area contributed by atoms with Gasteiger partial charge in [-0.05, 0) is 43.7 Å². The molecule has 2 aromatic carbocycles. The van der Waals surface area contributed by atoms with Gasteiger partial charge < -0.3 is 5.32 Å². The molecule has 1 amide bonds. The highest BCUT2D eigenvalue weighted by molar-refractivity contribution is 6.24. The zero-order chi connectivity index (χ0) is 16.3. The molecule has 0 aromatic heterocycles. The fraction of sp³-hybridized carbons (Fsp3) is 0.222. The van der Waals surface area contributed by atoms with Crippen LogP contribution >= 0.6 is 11.6 Å².